The standard InChI is InChI=1S/C22H20N2.2ClH/c23-21(19-13-5-9-15-7-1-3-11-17(15)19)22(24)20-14-6-10-16-8-2-4-12-18(16)20;;/h1-14,21-22H,23-24H2;2*1H/t21-,22-;;/m1../s1. The molecule has 0 aliphatic rings. The average Bonchev–Trinajstić information content (AvgIpc) is 2.66. The summed E-state index contributed by atoms with van der Waals surface area (Å²) in [6.07, 6.45) is 0. The molecule has 0 bridgehead atoms. The summed E-state index contributed by atoms with van der Waals surface area (Å²) in [5.74, 6) is 0. The molecule has 2 atom stereocenters. The van der Waals surface area contributed by atoms with Gasteiger partial charge in [-0.05, 0) is 32.7 Å². The molecule has 2 nitrogen and oxygen atoms in total. The quantitative estimate of drug-likeness (QED) is 0.487. The topological polar surface area (TPSA) is 52.0 Å². The van der Waals surface area contributed by atoms with Crippen LogP contribution in [0.15, 0.2) is 84.9 Å². The molecule has 0 amide bonds. The van der Waals surface area contributed by atoms with E-state index in [1.54, 1.807) is 0 Å². The highest BCUT2D eigenvalue weighted by molar-refractivity contribution is 5.88. The summed E-state index contributed by atoms with van der Waals surface area (Å²) in [6.45, 7) is 0. The Morgan fingerprint density at radius 3 is 1.23 bits per heavy atom. The van der Waals surface area contributed by atoms with Crippen molar-refractivity contribution in [3.8, 4) is 0 Å². The zero-order chi connectivity index (χ0) is 16.5. The van der Waals surface area contributed by atoms with E-state index in [9.17, 15) is 0 Å². The van der Waals surface area contributed by atoms with Gasteiger partial charge in [0, 0.05) is 12.1 Å². The van der Waals surface area contributed by atoms with Crippen molar-refractivity contribution in [1.82, 2.24) is 0 Å². The largest absolute Gasteiger partial charge is 0.322 e. The minimum absolute atomic E-state index is 0. The molecule has 0 fully saturated rings. The highest BCUT2D eigenvalue weighted by atomic mass is 35.5. The minimum Gasteiger partial charge on any atom is -0.322 e. The Kier molecular flexibility index (Phi) is 6.63. The molecular formula is C22H22Cl2N2. The smallest absolute Gasteiger partial charge is 0.0497 e. The number of halogens is 2. The van der Waals surface area contributed by atoms with Crippen LogP contribution in [0.2, 0.25) is 0 Å². The van der Waals surface area contributed by atoms with Crippen LogP contribution < -0.4 is 11.5 Å². The molecule has 0 aromatic heterocycles. The molecule has 0 heterocycles. The van der Waals surface area contributed by atoms with Gasteiger partial charge >= 0.3 is 0 Å². The summed E-state index contributed by atoms with van der Waals surface area (Å²) >= 11 is 0. The normalized spacial score (nSPS) is 12.8. The fourth-order valence-electron chi connectivity index (χ4n) is 3.47. The summed E-state index contributed by atoms with van der Waals surface area (Å²) in [6, 6.07) is 28.6. The monoisotopic (exact) mass is 384 g/mol. The summed E-state index contributed by atoms with van der Waals surface area (Å²) in [5, 5.41) is 4.72. The van der Waals surface area contributed by atoms with Crippen molar-refractivity contribution < 1.29 is 0 Å². The van der Waals surface area contributed by atoms with Crippen molar-refractivity contribution in [3.05, 3.63) is 96.1 Å². The Morgan fingerprint density at radius 2 is 0.808 bits per heavy atom. The third-order valence-electron chi connectivity index (χ3n) is 4.75. The second kappa shape index (κ2) is 8.52. The van der Waals surface area contributed by atoms with Crippen LogP contribution in [-0.2, 0) is 0 Å². The van der Waals surface area contributed by atoms with Crippen molar-refractivity contribution in [2.75, 3.05) is 0 Å². The predicted octanol–water partition coefficient (Wildman–Crippen LogP) is 5.54. The van der Waals surface area contributed by atoms with Gasteiger partial charge in [-0.15, -0.1) is 24.8 Å². The molecule has 4 N–H and O–H groups in total. The lowest BCUT2D eigenvalue weighted by atomic mass is 9.89. The lowest BCUT2D eigenvalue weighted by molar-refractivity contribution is 0.581. The van der Waals surface area contributed by atoms with Gasteiger partial charge in [-0.2, -0.15) is 0 Å². The second-order valence-corrected chi connectivity index (χ2v) is 6.19. The number of hydrogen-bond acceptors (Lipinski definition) is 2. The van der Waals surface area contributed by atoms with E-state index in [0.717, 1.165) is 11.1 Å². The molecule has 0 spiro atoms. The lowest BCUT2D eigenvalue weighted by Gasteiger charge is -2.23. The van der Waals surface area contributed by atoms with Crippen LogP contribution >= 0.6 is 24.8 Å². The van der Waals surface area contributed by atoms with E-state index < -0.39 is 0 Å². The van der Waals surface area contributed by atoms with Gasteiger partial charge in [0.25, 0.3) is 0 Å². The molecule has 0 radical (unpaired) electrons. The highest BCUT2D eigenvalue weighted by Crippen LogP contribution is 2.33. The maximum absolute atomic E-state index is 6.60. The zero-order valence-electron chi connectivity index (χ0n) is 14.2. The van der Waals surface area contributed by atoms with Gasteiger partial charge in [-0.3, -0.25) is 0 Å². The number of fused-ring (bicyclic) bond motifs is 2. The van der Waals surface area contributed by atoms with E-state index in [2.05, 4.69) is 48.5 Å². The first-order valence-electron chi connectivity index (χ1n) is 8.22. The summed E-state index contributed by atoms with van der Waals surface area (Å²) < 4.78 is 0. The molecule has 0 aliphatic heterocycles. The summed E-state index contributed by atoms with van der Waals surface area (Å²) in [5.41, 5.74) is 15.4. The molecule has 4 heteroatoms. The number of hydrogen-bond donors (Lipinski definition) is 2. The molecule has 0 aliphatic carbocycles. The fraction of sp³-hybridized carbons (Fsp3) is 0.0909. The van der Waals surface area contributed by atoms with Crippen molar-refractivity contribution in [3.63, 3.8) is 0 Å². The summed E-state index contributed by atoms with van der Waals surface area (Å²) in [4.78, 5) is 0. The molecule has 4 aromatic rings. The van der Waals surface area contributed by atoms with E-state index >= 15 is 0 Å². The van der Waals surface area contributed by atoms with E-state index in [-0.39, 0.29) is 36.9 Å². The van der Waals surface area contributed by atoms with Crippen LogP contribution in [0.4, 0.5) is 0 Å². The minimum atomic E-state index is -0.262. The Bertz CT molecular complexity index is 923. The van der Waals surface area contributed by atoms with Crippen LogP contribution in [0, 0.1) is 0 Å². The third kappa shape index (κ3) is 3.55. The molecule has 134 valence electrons. The maximum atomic E-state index is 6.60. The van der Waals surface area contributed by atoms with E-state index in [4.69, 9.17) is 11.5 Å². The van der Waals surface area contributed by atoms with Crippen LogP contribution in [0.1, 0.15) is 23.2 Å². The number of nitrogens with two attached hydrogens (primary N) is 2. The number of rotatable bonds is 3. The van der Waals surface area contributed by atoms with Gasteiger partial charge in [-0.25, -0.2) is 0 Å². The van der Waals surface area contributed by atoms with Crippen LogP contribution in [0.5, 0.6) is 0 Å². The first-order valence-corrected chi connectivity index (χ1v) is 8.22. The average molecular weight is 385 g/mol. The van der Waals surface area contributed by atoms with Gasteiger partial charge in [0.2, 0.25) is 0 Å². The second-order valence-electron chi connectivity index (χ2n) is 6.19. The first kappa shape index (κ1) is 20.2. The third-order valence-corrected chi connectivity index (χ3v) is 4.75. The van der Waals surface area contributed by atoms with Crippen molar-refractivity contribution >= 4 is 46.4 Å². The van der Waals surface area contributed by atoms with E-state index in [1.165, 1.54) is 21.5 Å². The highest BCUT2D eigenvalue weighted by Gasteiger charge is 2.20. The van der Waals surface area contributed by atoms with E-state index in [1.807, 2.05) is 36.4 Å². The predicted molar refractivity (Wildman–Crippen MR) is 116 cm³/mol. The van der Waals surface area contributed by atoms with Gasteiger partial charge in [0.1, 0.15) is 0 Å². The Labute approximate surface area is 166 Å². The van der Waals surface area contributed by atoms with Gasteiger partial charge in [0.05, 0.1) is 0 Å². The van der Waals surface area contributed by atoms with Gasteiger partial charge < -0.3 is 11.5 Å². The van der Waals surface area contributed by atoms with Crippen LogP contribution in [0.25, 0.3) is 21.5 Å². The molecule has 4 aromatic carbocycles. The number of benzene rings is 4. The molecular weight excluding hydrogens is 363 g/mol. The van der Waals surface area contributed by atoms with Gasteiger partial charge in [0.15, 0.2) is 0 Å². The van der Waals surface area contributed by atoms with Gasteiger partial charge in [-0.1, -0.05) is 84.9 Å². The van der Waals surface area contributed by atoms with Crippen molar-refractivity contribution in [2.24, 2.45) is 11.5 Å². The Hall–Kier alpha value is -2.10. The van der Waals surface area contributed by atoms with Crippen molar-refractivity contribution in [1.29, 1.82) is 0 Å². The van der Waals surface area contributed by atoms with Crippen LogP contribution in [0.3, 0.4) is 0 Å². The zero-order valence-corrected chi connectivity index (χ0v) is 15.8. The Balaban J connectivity index is 0.00000121. The molecule has 0 unspecified atom stereocenters. The van der Waals surface area contributed by atoms with Crippen LogP contribution in [-0.4, -0.2) is 0 Å². The molecule has 0 saturated heterocycles. The SMILES string of the molecule is Cl.Cl.N[C@H](c1cccc2ccccc12)[C@H](N)c1cccc2ccccc12. The first-order chi connectivity index (χ1) is 11.8. The molecule has 26 heavy (non-hydrogen) atoms. The molecule has 0 saturated carbocycles. The summed E-state index contributed by atoms with van der Waals surface area (Å²) in [7, 11) is 0. The maximum Gasteiger partial charge on any atom is 0.0497 e. The fourth-order valence-corrected chi connectivity index (χ4v) is 3.47. The lowest BCUT2D eigenvalue weighted by Crippen LogP contribution is -2.26. The molecule has 4 rings (SSSR count). The Morgan fingerprint density at radius 1 is 0.462 bits per heavy atom. The van der Waals surface area contributed by atoms with E-state index in [0.29, 0.717) is 0 Å². The van der Waals surface area contributed by atoms with Crippen molar-refractivity contribution in [2.45, 2.75) is 12.1 Å².